The van der Waals surface area contributed by atoms with Crippen molar-refractivity contribution >= 4 is 29.0 Å². The van der Waals surface area contributed by atoms with E-state index in [4.69, 9.17) is 17.3 Å². The highest BCUT2D eigenvalue weighted by Gasteiger charge is 2.24. The fourth-order valence-corrected chi connectivity index (χ4v) is 3.53. The van der Waals surface area contributed by atoms with E-state index >= 15 is 0 Å². The SMILES string of the molecule is CCCCN(C(=O)CNC(C)c1ccccc1Cl)c1c(N)n(CCC)c(=O)[nH]c1=O. The van der Waals surface area contributed by atoms with Crippen LogP contribution in [0.25, 0.3) is 0 Å². The lowest BCUT2D eigenvalue weighted by Crippen LogP contribution is -2.45. The minimum Gasteiger partial charge on any atom is -0.383 e. The molecule has 2 aromatic rings. The number of nitrogen functional groups attached to an aromatic ring is 1. The molecule has 0 saturated heterocycles. The van der Waals surface area contributed by atoms with Crippen LogP contribution in [0.4, 0.5) is 11.5 Å². The molecular formula is C21H30ClN5O3. The van der Waals surface area contributed by atoms with Gasteiger partial charge in [0.15, 0.2) is 5.69 Å². The Morgan fingerprint density at radius 1 is 1.27 bits per heavy atom. The molecular weight excluding hydrogens is 406 g/mol. The van der Waals surface area contributed by atoms with Crippen LogP contribution < -0.4 is 27.2 Å². The highest BCUT2D eigenvalue weighted by Crippen LogP contribution is 2.22. The van der Waals surface area contributed by atoms with Crippen LogP contribution in [0.15, 0.2) is 33.9 Å². The predicted octanol–water partition coefficient (Wildman–Crippen LogP) is 2.67. The van der Waals surface area contributed by atoms with Crippen LogP contribution >= 0.6 is 11.6 Å². The van der Waals surface area contributed by atoms with Gasteiger partial charge in [-0.2, -0.15) is 0 Å². The maximum Gasteiger partial charge on any atom is 0.330 e. The maximum absolute atomic E-state index is 13.1. The third-order valence-corrected chi connectivity index (χ3v) is 5.24. The van der Waals surface area contributed by atoms with Gasteiger partial charge in [-0.05, 0) is 31.4 Å². The van der Waals surface area contributed by atoms with Gasteiger partial charge in [0, 0.05) is 24.2 Å². The second-order valence-electron chi connectivity index (χ2n) is 7.17. The summed E-state index contributed by atoms with van der Waals surface area (Å²) < 4.78 is 1.29. The smallest absolute Gasteiger partial charge is 0.330 e. The van der Waals surface area contributed by atoms with E-state index < -0.39 is 11.2 Å². The van der Waals surface area contributed by atoms with Crippen LogP contribution in [-0.2, 0) is 11.3 Å². The van der Waals surface area contributed by atoms with Gasteiger partial charge < -0.3 is 16.0 Å². The van der Waals surface area contributed by atoms with E-state index in [2.05, 4.69) is 10.3 Å². The molecule has 4 N–H and O–H groups in total. The summed E-state index contributed by atoms with van der Waals surface area (Å²) in [5.74, 6) is -0.296. The number of carbonyl (C=O) groups is 1. The van der Waals surface area contributed by atoms with Crippen molar-refractivity contribution in [2.75, 3.05) is 23.7 Å². The number of aromatic amines is 1. The number of amides is 1. The number of benzene rings is 1. The van der Waals surface area contributed by atoms with E-state index in [1.807, 2.05) is 39.0 Å². The molecule has 1 aromatic carbocycles. The number of hydrogen-bond donors (Lipinski definition) is 3. The summed E-state index contributed by atoms with van der Waals surface area (Å²) in [5.41, 5.74) is 5.83. The van der Waals surface area contributed by atoms with E-state index in [1.165, 1.54) is 9.47 Å². The predicted molar refractivity (Wildman–Crippen MR) is 121 cm³/mol. The summed E-state index contributed by atoms with van der Waals surface area (Å²) in [6, 6.07) is 7.24. The Labute approximate surface area is 181 Å². The zero-order chi connectivity index (χ0) is 22.3. The first-order chi connectivity index (χ1) is 14.3. The molecule has 1 unspecified atom stereocenters. The van der Waals surface area contributed by atoms with Crippen molar-refractivity contribution in [1.29, 1.82) is 0 Å². The first kappa shape index (κ1) is 23.7. The van der Waals surface area contributed by atoms with Crippen LogP contribution in [0, 0.1) is 0 Å². The standard InChI is InChI=1S/C21H30ClN5O3/c1-4-6-12-26(18-19(23)27(11-5-2)21(30)25-20(18)29)17(28)13-24-14(3)15-9-7-8-10-16(15)22/h7-10,14,24H,4-6,11-13,23H2,1-3H3,(H,25,29,30). The van der Waals surface area contributed by atoms with Gasteiger partial charge in [0.05, 0.1) is 6.54 Å². The van der Waals surface area contributed by atoms with Crippen molar-refractivity contribution in [3.63, 3.8) is 0 Å². The van der Waals surface area contributed by atoms with E-state index in [0.29, 0.717) is 31.0 Å². The largest absolute Gasteiger partial charge is 0.383 e. The Bertz CT molecular complexity index is 985. The third-order valence-electron chi connectivity index (χ3n) is 4.90. The number of nitrogens with zero attached hydrogens (tertiary/aromatic N) is 2. The van der Waals surface area contributed by atoms with Crippen molar-refractivity contribution in [3.05, 3.63) is 55.7 Å². The highest BCUT2D eigenvalue weighted by atomic mass is 35.5. The lowest BCUT2D eigenvalue weighted by Gasteiger charge is -2.25. The minimum atomic E-state index is -0.659. The topological polar surface area (TPSA) is 113 Å². The Hall–Kier alpha value is -2.58. The Balaban J connectivity index is 2.30. The van der Waals surface area contributed by atoms with Crippen LogP contribution in [-0.4, -0.2) is 28.5 Å². The van der Waals surface area contributed by atoms with Crippen molar-refractivity contribution in [3.8, 4) is 0 Å². The summed E-state index contributed by atoms with van der Waals surface area (Å²) in [6.07, 6.45) is 2.19. The van der Waals surface area contributed by atoms with Crippen molar-refractivity contribution < 1.29 is 4.79 Å². The molecule has 1 heterocycles. The summed E-state index contributed by atoms with van der Waals surface area (Å²) >= 11 is 6.24. The third kappa shape index (κ3) is 5.52. The molecule has 2 rings (SSSR count). The summed E-state index contributed by atoms with van der Waals surface area (Å²) in [6.45, 7) is 6.47. The van der Waals surface area contributed by atoms with E-state index in [-0.39, 0.29) is 30.0 Å². The van der Waals surface area contributed by atoms with Gasteiger partial charge in [-0.3, -0.25) is 19.1 Å². The number of hydrogen-bond acceptors (Lipinski definition) is 5. The molecule has 0 aliphatic heterocycles. The summed E-state index contributed by atoms with van der Waals surface area (Å²) in [7, 11) is 0. The van der Waals surface area contributed by atoms with Crippen LogP contribution in [0.2, 0.25) is 5.02 Å². The molecule has 0 radical (unpaired) electrons. The number of halogens is 1. The number of unbranched alkanes of at least 4 members (excludes halogenated alkanes) is 1. The Morgan fingerprint density at radius 3 is 2.60 bits per heavy atom. The maximum atomic E-state index is 13.1. The van der Waals surface area contributed by atoms with Gasteiger partial charge >= 0.3 is 5.69 Å². The molecule has 1 atom stereocenters. The van der Waals surface area contributed by atoms with E-state index in [9.17, 15) is 14.4 Å². The van der Waals surface area contributed by atoms with E-state index in [0.717, 1.165) is 12.0 Å². The van der Waals surface area contributed by atoms with Gasteiger partial charge in [0.25, 0.3) is 5.56 Å². The molecule has 164 valence electrons. The second kappa shape index (κ2) is 11.0. The quantitative estimate of drug-likeness (QED) is 0.531. The first-order valence-corrected chi connectivity index (χ1v) is 10.6. The molecule has 8 nitrogen and oxygen atoms in total. The summed E-state index contributed by atoms with van der Waals surface area (Å²) in [4.78, 5) is 41.4. The fourth-order valence-electron chi connectivity index (χ4n) is 3.23. The van der Waals surface area contributed by atoms with Gasteiger partial charge in [-0.1, -0.05) is 50.1 Å². The lowest BCUT2D eigenvalue weighted by atomic mass is 10.1. The zero-order valence-corrected chi connectivity index (χ0v) is 18.5. The number of aromatic nitrogens is 2. The van der Waals surface area contributed by atoms with Gasteiger partial charge in [0.1, 0.15) is 5.82 Å². The molecule has 0 fully saturated rings. The molecule has 30 heavy (non-hydrogen) atoms. The lowest BCUT2D eigenvalue weighted by molar-refractivity contribution is -0.118. The normalized spacial score (nSPS) is 12.0. The average Bonchev–Trinajstić information content (AvgIpc) is 2.71. The van der Waals surface area contributed by atoms with Crippen LogP contribution in [0.5, 0.6) is 0 Å². The molecule has 1 aromatic heterocycles. The van der Waals surface area contributed by atoms with E-state index in [1.54, 1.807) is 6.07 Å². The Kier molecular flexibility index (Phi) is 8.68. The minimum absolute atomic E-state index is 0.00852. The molecule has 1 amide bonds. The zero-order valence-electron chi connectivity index (χ0n) is 17.7. The van der Waals surface area contributed by atoms with Gasteiger partial charge in [-0.25, -0.2) is 4.79 Å². The highest BCUT2D eigenvalue weighted by molar-refractivity contribution is 6.31. The molecule has 0 bridgehead atoms. The van der Waals surface area contributed by atoms with Crippen molar-refractivity contribution in [1.82, 2.24) is 14.9 Å². The number of nitrogens with one attached hydrogen (secondary N) is 2. The van der Waals surface area contributed by atoms with Crippen molar-refractivity contribution in [2.24, 2.45) is 0 Å². The Morgan fingerprint density at radius 2 is 1.97 bits per heavy atom. The summed E-state index contributed by atoms with van der Waals surface area (Å²) in [5, 5.41) is 3.77. The molecule has 9 heteroatoms. The van der Waals surface area contributed by atoms with Crippen molar-refractivity contribution in [2.45, 2.75) is 52.6 Å². The molecule has 0 aliphatic rings. The van der Waals surface area contributed by atoms with Gasteiger partial charge in [0.2, 0.25) is 5.91 Å². The second-order valence-corrected chi connectivity index (χ2v) is 7.57. The number of anilines is 2. The van der Waals surface area contributed by atoms with Gasteiger partial charge in [-0.15, -0.1) is 0 Å². The van der Waals surface area contributed by atoms with Crippen LogP contribution in [0.3, 0.4) is 0 Å². The monoisotopic (exact) mass is 435 g/mol. The molecule has 0 saturated carbocycles. The number of carbonyl (C=O) groups excluding carboxylic acids is 1. The van der Waals surface area contributed by atoms with Crippen LogP contribution in [0.1, 0.15) is 51.6 Å². The number of nitrogens with two attached hydrogens (primary N) is 1. The average molecular weight is 436 g/mol. The first-order valence-electron chi connectivity index (χ1n) is 10.2. The number of rotatable bonds is 10. The molecule has 0 aliphatic carbocycles. The fraction of sp³-hybridized carbons (Fsp3) is 0.476. The molecule has 0 spiro atoms. The number of H-pyrrole nitrogens is 1.